The molecule has 0 bridgehead atoms. The Morgan fingerprint density at radius 1 is 1.14 bits per heavy atom. The number of benzene rings is 1. The smallest absolute Gasteiger partial charge is 0.141 e. The largest absolute Gasteiger partial charge is 0.381 e. The third-order valence-corrected chi connectivity index (χ3v) is 3.64. The lowest BCUT2D eigenvalue weighted by molar-refractivity contribution is 0.0904. The molecule has 3 aliphatic rings. The second-order valence-electron chi connectivity index (χ2n) is 5.16. The molecule has 0 atom stereocenters. The Morgan fingerprint density at radius 3 is 2.48 bits per heavy atom. The number of fused-ring (bicyclic) bond motifs is 1. The van der Waals surface area contributed by atoms with Gasteiger partial charge in [0.2, 0.25) is 0 Å². The zero-order chi connectivity index (χ0) is 14.5. The summed E-state index contributed by atoms with van der Waals surface area (Å²) in [5.41, 5.74) is 3.67. The lowest BCUT2D eigenvalue weighted by atomic mass is 10.1. The van der Waals surface area contributed by atoms with Crippen LogP contribution in [0.3, 0.4) is 0 Å². The molecule has 0 radical (unpaired) electrons. The molecule has 1 aromatic rings. The standard InChI is InChI=1S/C12H14N2O.C6H4/c1-2-10-4-3-7-13-12(10)14-11-5-8-15-9-6-11;1-2-5-4-6(5)3-1/h1,3-4,7,11H,5-6,8-9H2,(H,13,14);1-4H. The first kappa shape index (κ1) is 13.7. The van der Waals surface area contributed by atoms with Crippen molar-refractivity contribution in [2.45, 2.75) is 18.9 Å². The molecule has 2 heterocycles. The molecule has 4 rings (SSSR count). The van der Waals surface area contributed by atoms with Crippen LogP contribution in [0.4, 0.5) is 5.82 Å². The summed E-state index contributed by atoms with van der Waals surface area (Å²) in [6, 6.07) is 12.7. The van der Waals surface area contributed by atoms with Crippen molar-refractivity contribution in [3.63, 3.8) is 0 Å². The van der Waals surface area contributed by atoms with Crippen LogP contribution in [0.2, 0.25) is 0 Å². The van der Waals surface area contributed by atoms with Gasteiger partial charge in [0.1, 0.15) is 5.82 Å². The molecule has 1 aromatic heterocycles. The summed E-state index contributed by atoms with van der Waals surface area (Å²) in [5, 5.41) is 3.37. The Balaban J connectivity index is 0.000000180. The Labute approximate surface area is 125 Å². The van der Waals surface area contributed by atoms with E-state index in [9.17, 15) is 0 Å². The number of hydrogen-bond donors (Lipinski definition) is 1. The van der Waals surface area contributed by atoms with Gasteiger partial charge in [0.15, 0.2) is 0 Å². The molecular formula is C18H18N2O. The number of ether oxygens (including phenoxy) is 1. The lowest BCUT2D eigenvalue weighted by Gasteiger charge is -2.23. The summed E-state index contributed by atoms with van der Waals surface area (Å²) < 4.78 is 5.29. The van der Waals surface area contributed by atoms with E-state index in [-0.39, 0.29) is 0 Å². The summed E-state index contributed by atoms with van der Waals surface area (Å²) in [4.78, 5) is 4.25. The van der Waals surface area contributed by atoms with E-state index < -0.39 is 0 Å². The number of rotatable bonds is 2. The summed E-state index contributed by atoms with van der Waals surface area (Å²) in [5.74, 6) is 3.44. The van der Waals surface area contributed by atoms with Crippen molar-refractivity contribution >= 4 is 5.82 Å². The van der Waals surface area contributed by atoms with E-state index in [4.69, 9.17) is 11.2 Å². The van der Waals surface area contributed by atoms with Gasteiger partial charge < -0.3 is 10.1 Å². The van der Waals surface area contributed by atoms with Crippen LogP contribution in [0, 0.1) is 12.3 Å². The van der Waals surface area contributed by atoms with E-state index in [0.29, 0.717) is 6.04 Å². The van der Waals surface area contributed by atoms with E-state index >= 15 is 0 Å². The van der Waals surface area contributed by atoms with E-state index in [1.54, 1.807) is 6.20 Å². The molecule has 1 fully saturated rings. The molecule has 0 saturated carbocycles. The molecule has 1 N–H and O–H groups in total. The average molecular weight is 278 g/mol. The SMILES string of the molecule is C#Cc1cccnc1NC1CCOCC1.c1cc2cc-2c1. The molecule has 1 aliphatic heterocycles. The van der Waals surface area contributed by atoms with Crippen LogP contribution >= 0.6 is 0 Å². The topological polar surface area (TPSA) is 34.2 Å². The number of hydrogen-bond acceptors (Lipinski definition) is 3. The average Bonchev–Trinajstić information content (AvgIpc) is 3.15. The first-order valence-electron chi connectivity index (χ1n) is 7.23. The monoisotopic (exact) mass is 278 g/mol. The van der Waals surface area contributed by atoms with Gasteiger partial charge in [-0.25, -0.2) is 4.98 Å². The predicted octanol–water partition coefficient (Wildman–Crippen LogP) is 3.32. The molecule has 0 unspecified atom stereocenters. The number of aromatic nitrogens is 1. The third kappa shape index (κ3) is 3.62. The van der Waals surface area contributed by atoms with Gasteiger partial charge in [0.05, 0.1) is 5.56 Å². The molecular weight excluding hydrogens is 260 g/mol. The maximum absolute atomic E-state index is 5.40. The quantitative estimate of drug-likeness (QED) is 0.730. The van der Waals surface area contributed by atoms with Crippen molar-refractivity contribution < 1.29 is 4.74 Å². The summed E-state index contributed by atoms with van der Waals surface area (Å²) >= 11 is 0. The highest BCUT2D eigenvalue weighted by Gasteiger charge is 2.14. The van der Waals surface area contributed by atoms with Crippen molar-refractivity contribution in [1.82, 2.24) is 4.98 Å². The molecule has 3 nitrogen and oxygen atoms in total. The van der Waals surface area contributed by atoms with Crippen LogP contribution < -0.4 is 5.32 Å². The minimum absolute atomic E-state index is 0.431. The zero-order valence-electron chi connectivity index (χ0n) is 11.9. The lowest BCUT2D eigenvalue weighted by Crippen LogP contribution is -2.28. The molecule has 1 saturated heterocycles. The van der Waals surface area contributed by atoms with Gasteiger partial charge >= 0.3 is 0 Å². The number of pyridine rings is 1. The fourth-order valence-electron chi connectivity index (χ4n) is 2.35. The van der Waals surface area contributed by atoms with Crippen molar-refractivity contribution in [3.05, 3.63) is 48.2 Å². The second-order valence-corrected chi connectivity index (χ2v) is 5.16. The van der Waals surface area contributed by atoms with Crippen LogP contribution in [0.25, 0.3) is 11.1 Å². The van der Waals surface area contributed by atoms with Gasteiger partial charge in [0.25, 0.3) is 0 Å². The molecule has 0 spiro atoms. The fourth-order valence-corrected chi connectivity index (χ4v) is 2.35. The van der Waals surface area contributed by atoms with Gasteiger partial charge in [-0.3, -0.25) is 0 Å². The Bertz CT molecular complexity index is 637. The molecule has 3 heteroatoms. The summed E-state index contributed by atoms with van der Waals surface area (Å²) in [6.07, 6.45) is 9.18. The van der Waals surface area contributed by atoms with Gasteiger partial charge in [-0.05, 0) is 42.2 Å². The molecule has 2 aliphatic carbocycles. The van der Waals surface area contributed by atoms with E-state index in [1.807, 2.05) is 12.1 Å². The minimum Gasteiger partial charge on any atom is -0.381 e. The van der Waals surface area contributed by atoms with Gasteiger partial charge in [-0.15, -0.1) is 6.42 Å². The van der Waals surface area contributed by atoms with E-state index in [2.05, 4.69) is 40.5 Å². The maximum atomic E-state index is 5.40. The Hall–Kier alpha value is -2.31. The van der Waals surface area contributed by atoms with Crippen LogP contribution in [0.15, 0.2) is 42.6 Å². The van der Waals surface area contributed by atoms with Crippen molar-refractivity contribution in [2.75, 3.05) is 18.5 Å². The summed E-state index contributed by atoms with van der Waals surface area (Å²) in [6.45, 7) is 1.63. The van der Waals surface area contributed by atoms with Crippen molar-refractivity contribution in [1.29, 1.82) is 0 Å². The highest BCUT2D eigenvalue weighted by Crippen LogP contribution is 2.32. The normalized spacial score (nSPS) is 15.4. The van der Waals surface area contributed by atoms with E-state index in [1.165, 1.54) is 11.1 Å². The minimum atomic E-state index is 0.431. The van der Waals surface area contributed by atoms with Gasteiger partial charge in [0, 0.05) is 25.5 Å². The van der Waals surface area contributed by atoms with E-state index in [0.717, 1.165) is 37.4 Å². The first-order valence-corrected chi connectivity index (χ1v) is 7.23. The second kappa shape index (κ2) is 6.43. The zero-order valence-corrected chi connectivity index (χ0v) is 11.9. The van der Waals surface area contributed by atoms with Crippen LogP contribution in [0.1, 0.15) is 18.4 Å². The Morgan fingerprint density at radius 2 is 1.90 bits per heavy atom. The number of terminal acetylenes is 1. The highest BCUT2D eigenvalue weighted by atomic mass is 16.5. The molecule has 0 aromatic carbocycles. The predicted molar refractivity (Wildman–Crippen MR) is 85.1 cm³/mol. The van der Waals surface area contributed by atoms with Crippen LogP contribution in [-0.2, 0) is 4.74 Å². The first-order chi connectivity index (χ1) is 10.4. The third-order valence-electron chi connectivity index (χ3n) is 3.64. The number of nitrogens with zero attached hydrogens (tertiary/aromatic N) is 1. The van der Waals surface area contributed by atoms with Crippen molar-refractivity contribution in [2.24, 2.45) is 0 Å². The van der Waals surface area contributed by atoms with Crippen LogP contribution in [0.5, 0.6) is 0 Å². The van der Waals surface area contributed by atoms with Gasteiger partial charge in [-0.2, -0.15) is 0 Å². The Kier molecular flexibility index (Phi) is 4.18. The molecule has 21 heavy (non-hydrogen) atoms. The molecule has 0 amide bonds. The highest BCUT2D eigenvalue weighted by molar-refractivity contribution is 5.80. The van der Waals surface area contributed by atoms with Crippen molar-refractivity contribution in [3.8, 4) is 23.5 Å². The maximum Gasteiger partial charge on any atom is 0.141 e. The molecule has 106 valence electrons. The fraction of sp³-hybridized carbons (Fsp3) is 0.278. The van der Waals surface area contributed by atoms with Crippen LogP contribution in [-0.4, -0.2) is 24.2 Å². The number of nitrogens with one attached hydrogen (secondary N) is 1. The van der Waals surface area contributed by atoms with Gasteiger partial charge in [-0.1, -0.05) is 24.1 Å². The summed E-state index contributed by atoms with van der Waals surface area (Å²) in [7, 11) is 0. The number of anilines is 1.